The van der Waals surface area contributed by atoms with Crippen LogP contribution in [0.15, 0.2) is 18.2 Å². The number of amides is 1. The van der Waals surface area contributed by atoms with Gasteiger partial charge in [-0.1, -0.05) is 13.8 Å². The van der Waals surface area contributed by atoms with E-state index >= 15 is 0 Å². The molecule has 0 aliphatic rings. The van der Waals surface area contributed by atoms with Crippen LogP contribution in [0.1, 0.15) is 30.6 Å². The molecule has 0 saturated heterocycles. The number of methoxy groups -OCH3 is 1. The van der Waals surface area contributed by atoms with Crippen LogP contribution in [0.25, 0.3) is 0 Å². The van der Waals surface area contributed by atoms with E-state index in [1.54, 1.807) is 25.3 Å². The van der Waals surface area contributed by atoms with Gasteiger partial charge in [0.1, 0.15) is 0 Å². The number of carbonyl (C=O) groups excluding carboxylic acids is 1. The van der Waals surface area contributed by atoms with Gasteiger partial charge in [0.05, 0.1) is 5.56 Å². The molecule has 19 heavy (non-hydrogen) atoms. The van der Waals surface area contributed by atoms with E-state index in [0.717, 1.165) is 6.42 Å². The van der Waals surface area contributed by atoms with Crippen LogP contribution < -0.4 is 16.8 Å². The Morgan fingerprint density at radius 2 is 2.05 bits per heavy atom. The predicted octanol–water partition coefficient (Wildman–Crippen LogP) is 1.64. The minimum atomic E-state index is -0.178. The Hall–Kier alpha value is -1.75. The standard InChI is InChI=1S/C14H23N3O2/c1-14(2,6-7-19-3)9-17-13(18)11-5-4-10(15)8-12(11)16/h4-5,8H,6-7,9,15-16H2,1-3H3,(H,17,18). The van der Waals surface area contributed by atoms with E-state index in [4.69, 9.17) is 16.2 Å². The van der Waals surface area contributed by atoms with E-state index in [0.29, 0.717) is 30.1 Å². The topological polar surface area (TPSA) is 90.4 Å². The maximum atomic E-state index is 12.0. The van der Waals surface area contributed by atoms with Gasteiger partial charge in [-0.3, -0.25) is 4.79 Å². The van der Waals surface area contributed by atoms with Crippen LogP contribution in [0.2, 0.25) is 0 Å². The van der Waals surface area contributed by atoms with Gasteiger partial charge in [0, 0.05) is 31.6 Å². The van der Waals surface area contributed by atoms with E-state index < -0.39 is 0 Å². The third-order valence-corrected chi connectivity index (χ3v) is 3.03. The summed E-state index contributed by atoms with van der Waals surface area (Å²) in [5.41, 5.74) is 12.8. The number of nitrogen functional groups attached to an aromatic ring is 2. The molecular formula is C14H23N3O2. The maximum Gasteiger partial charge on any atom is 0.253 e. The van der Waals surface area contributed by atoms with Crippen molar-refractivity contribution in [2.24, 2.45) is 5.41 Å². The molecule has 0 aliphatic heterocycles. The Balaban J connectivity index is 2.60. The number of nitrogens with two attached hydrogens (primary N) is 2. The van der Waals surface area contributed by atoms with Crippen molar-refractivity contribution in [3.63, 3.8) is 0 Å². The highest BCUT2D eigenvalue weighted by molar-refractivity contribution is 5.99. The zero-order chi connectivity index (χ0) is 14.5. The molecule has 0 fully saturated rings. The van der Waals surface area contributed by atoms with Crippen molar-refractivity contribution in [3.05, 3.63) is 23.8 Å². The van der Waals surface area contributed by atoms with Crippen LogP contribution in [0, 0.1) is 5.41 Å². The first-order chi connectivity index (χ1) is 8.85. The van der Waals surface area contributed by atoms with Crippen molar-refractivity contribution < 1.29 is 9.53 Å². The van der Waals surface area contributed by atoms with Gasteiger partial charge in [-0.15, -0.1) is 0 Å². The van der Waals surface area contributed by atoms with E-state index in [-0.39, 0.29) is 11.3 Å². The highest BCUT2D eigenvalue weighted by atomic mass is 16.5. The number of hydrogen-bond donors (Lipinski definition) is 3. The molecule has 0 atom stereocenters. The smallest absolute Gasteiger partial charge is 0.253 e. The molecule has 5 nitrogen and oxygen atoms in total. The second kappa shape index (κ2) is 6.43. The number of nitrogens with one attached hydrogen (secondary N) is 1. The fraction of sp³-hybridized carbons (Fsp3) is 0.500. The Kier molecular flexibility index (Phi) is 5.18. The average molecular weight is 265 g/mol. The number of rotatable bonds is 6. The van der Waals surface area contributed by atoms with Gasteiger partial charge in [0.2, 0.25) is 0 Å². The molecular weight excluding hydrogens is 242 g/mol. The molecule has 1 aromatic carbocycles. The summed E-state index contributed by atoms with van der Waals surface area (Å²) in [7, 11) is 1.67. The highest BCUT2D eigenvalue weighted by Gasteiger charge is 2.19. The summed E-state index contributed by atoms with van der Waals surface area (Å²) in [6.07, 6.45) is 0.876. The van der Waals surface area contributed by atoms with Gasteiger partial charge in [-0.2, -0.15) is 0 Å². The Morgan fingerprint density at radius 3 is 2.63 bits per heavy atom. The monoisotopic (exact) mass is 265 g/mol. The van der Waals surface area contributed by atoms with Crippen molar-refractivity contribution in [1.29, 1.82) is 0 Å². The zero-order valence-corrected chi connectivity index (χ0v) is 11.8. The summed E-state index contributed by atoms with van der Waals surface area (Å²) in [6.45, 7) is 5.41. The van der Waals surface area contributed by atoms with E-state index in [1.807, 2.05) is 0 Å². The summed E-state index contributed by atoms with van der Waals surface area (Å²) >= 11 is 0. The molecule has 0 unspecified atom stereocenters. The predicted molar refractivity (Wildman–Crippen MR) is 77.9 cm³/mol. The quantitative estimate of drug-likeness (QED) is 0.682. The lowest BCUT2D eigenvalue weighted by Crippen LogP contribution is -2.35. The number of ether oxygens (including phenoxy) is 1. The minimum Gasteiger partial charge on any atom is -0.399 e. The molecule has 106 valence electrons. The average Bonchev–Trinajstić information content (AvgIpc) is 2.34. The van der Waals surface area contributed by atoms with Gasteiger partial charge in [-0.25, -0.2) is 0 Å². The van der Waals surface area contributed by atoms with E-state index in [1.165, 1.54) is 0 Å². The fourth-order valence-electron chi connectivity index (χ4n) is 1.67. The minimum absolute atomic E-state index is 0.0196. The summed E-state index contributed by atoms with van der Waals surface area (Å²) in [5, 5.41) is 2.89. The lowest BCUT2D eigenvalue weighted by atomic mass is 9.89. The maximum absolute atomic E-state index is 12.0. The van der Waals surface area contributed by atoms with Crippen molar-refractivity contribution in [2.75, 3.05) is 31.7 Å². The molecule has 1 aromatic rings. The molecule has 0 radical (unpaired) electrons. The first kappa shape index (κ1) is 15.3. The molecule has 0 aliphatic carbocycles. The third-order valence-electron chi connectivity index (χ3n) is 3.03. The number of benzene rings is 1. The van der Waals surface area contributed by atoms with Crippen molar-refractivity contribution in [2.45, 2.75) is 20.3 Å². The molecule has 0 heterocycles. The second-order valence-corrected chi connectivity index (χ2v) is 5.44. The molecule has 1 amide bonds. The molecule has 5 heteroatoms. The lowest BCUT2D eigenvalue weighted by Gasteiger charge is -2.24. The first-order valence-electron chi connectivity index (χ1n) is 6.28. The molecule has 0 saturated carbocycles. The third kappa shape index (κ3) is 4.79. The SMILES string of the molecule is COCCC(C)(C)CNC(=O)c1ccc(N)cc1N. The largest absolute Gasteiger partial charge is 0.399 e. The van der Waals surface area contributed by atoms with Gasteiger partial charge in [0.25, 0.3) is 5.91 Å². The fourth-order valence-corrected chi connectivity index (χ4v) is 1.67. The van der Waals surface area contributed by atoms with Crippen molar-refractivity contribution >= 4 is 17.3 Å². The molecule has 1 rings (SSSR count). The summed E-state index contributed by atoms with van der Waals surface area (Å²) in [6, 6.07) is 4.90. The molecule has 0 bridgehead atoms. The summed E-state index contributed by atoms with van der Waals surface area (Å²) in [5.74, 6) is -0.178. The summed E-state index contributed by atoms with van der Waals surface area (Å²) < 4.78 is 5.05. The second-order valence-electron chi connectivity index (χ2n) is 5.44. The summed E-state index contributed by atoms with van der Waals surface area (Å²) in [4.78, 5) is 12.0. The Bertz CT molecular complexity index is 444. The Labute approximate surface area is 114 Å². The van der Waals surface area contributed by atoms with Gasteiger partial charge >= 0.3 is 0 Å². The van der Waals surface area contributed by atoms with Crippen LogP contribution >= 0.6 is 0 Å². The lowest BCUT2D eigenvalue weighted by molar-refractivity contribution is 0.0922. The zero-order valence-electron chi connectivity index (χ0n) is 11.8. The first-order valence-corrected chi connectivity index (χ1v) is 6.28. The van der Waals surface area contributed by atoms with E-state index in [2.05, 4.69) is 19.2 Å². The van der Waals surface area contributed by atoms with Gasteiger partial charge < -0.3 is 21.5 Å². The number of carbonyl (C=O) groups is 1. The van der Waals surface area contributed by atoms with Gasteiger partial charge in [-0.05, 0) is 30.0 Å². The number of anilines is 2. The van der Waals surface area contributed by atoms with E-state index in [9.17, 15) is 4.79 Å². The van der Waals surface area contributed by atoms with Crippen LogP contribution in [0.5, 0.6) is 0 Å². The van der Waals surface area contributed by atoms with Crippen LogP contribution in [0.3, 0.4) is 0 Å². The number of hydrogen-bond acceptors (Lipinski definition) is 4. The Morgan fingerprint density at radius 1 is 1.37 bits per heavy atom. The van der Waals surface area contributed by atoms with Crippen LogP contribution in [-0.2, 0) is 4.74 Å². The normalized spacial score (nSPS) is 11.3. The van der Waals surface area contributed by atoms with Gasteiger partial charge in [0.15, 0.2) is 0 Å². The van der Waals surface area contributed by atoms with Crippen molar-refractivity contribution in [3.8, 4) is 0 Å². The van der Waals surface area contributed by atoms with Crippen LogP contribution in [0.4, 0.5) is 11.4 Å². The molecule has 0 aromatic heterocycles. The molecule has 0 spiro atoms. The van der Waals surface area contributed by atoms with Crippen molar-refractivity contribution in [1.82, 2.24) is 5.32 Å². The highest BCUT2D eigenvalue weighted by Crippen LogP contribution is 2.20. The van der Waals surface area contributed by atoms with Crippen LogP contribution in [-0.4, -0.2) is 26.2 Å². The molecule has 5 N–H and O–H groups in total.